The van der Waals surface area contributed by atoms with Gasteiger partial charge in [0.2, 0.25) is 0 Å². The molecule has 0 amide bonds. The van der Waals surface area contributed by atoms with Gasteiger partial charge in [0, 0.05) is 25.6 Å². The van der Waals surface area contributed by atoms with E-state index in [2.05, 4.69) is 22.5 Å². The van der Waals surface area contributed by atoms with Crippen LogP contribution in [0.4, 0.5) is 0 Å². The molecule has 0 saturated heterocycles. The third kappa shape index (κ3) is 2.54. The van der Waals surface area contributed by atoms with E-state index in [0.717, 1.165) is 35.7 Å². The molecular weight excluding hydrogens is 226 g/mol. The number of methoxy groups -OCH3 is 1. The predicted molar refractivity (Wildman–Crippen MR) is 72.8 cm³/mol. The van der Waals surface area contributed by atoms with Crippen LogP contribution in [-0.4, -0.2) is 30.5 Å². The largest absolute Gasteiger partial charge is 0.496 e. The third-order valence-electron chi connectivity index (χ3n) is 2.94. The molecular formula is C14H19N3O. The molecule has 0 atom stereocenters. The lowest BCUT2D eigenvalue weighted by Crippen LogP contribution is -2.10. The van der Waals surface area contributed by atoms with Crippen LogP contribution in [0.1, 0.15) is 5.69 Å². The molecule has 96 valence electrons. The van der Waals surface area contributed by atoms with E-state index in [1.165, 1.54) is 0 Å². The Kier molecular flexibility index (Phi) is 3.99. The smallest absolute Gasteiger partial charge is 0.128 e. The number of benzene rings is 1. The van der Waals surface area contributed by atoms with Gasteiger partial charge >= 0.3 is 0 Å². The van der Waals surface area contributed by atoms with Crippen LogP contribution in [0.2, 0.25) is 0 Å². The molecule has 0 saturated carbocycles. The van der Waals surface area contributed by atoms with E-state index in [-0.39, 0.29) is 0 Å². The molecule has 0 aliphatic rings. The second-order valence-electron chi connectivity index (χ2n) is 4.20. The minimum atomic E-state index is 0.876. The molecule has 2 aromatic rings. The highest BCUT2D eigenvalue weighted by molar-refractivity contribution is 5.67. The van der Waals surface area contributed by atoms with E-state index >= 15 is 0 Å². The van der Waals surface area contributed by atoms with Crippen molar-refractivity contribution in [1.29, 1.82) is 0 Å². The first-order chi connectivity index (χ1) is 8.76. The summed E-state index contributed by atoms with van der Waals surface area (Å²) >= 11 is 0. The highest BCUT2D eigenvalue weighted by Crippen LogP contribution is 2.29. The molecule has 0 aliphatic carbocycles. The van der Waals surface area contributed by atoms with Crippen LogP contribution >= 0.6 is 0 Å². The standard InChI is InChI=1S/C14H19N3O/c1-15-9-8-11-10-13(17(2)16-11)12-6-4-5-7-14(12)18-3/h4-7,10,15H,8-9H2,1-3H3. The third-order valence-corrected chi connectivity index (χ3v) is 2.94. The number of nitrogens with one attached hydrogen (secondary N) is 1. The number of ether oxygens (including phenoxy) is 1. The van der Waals surface area contributed by atoms with Gasteiger partial charge in [0.15, 0.2) is 0 Å². The zero-order chi connectivity index (χ0) is 13.0. The van der Waals surface area contributed by atoms with Gasteiger partial charge in [-0.05, 0) is 25.2 Å². The van der Waals surface area contributed by atoms with Crippen LogP contribution in [0.5, 0.6) is 5.75 Å². The van der Waals surface area contributed by atoms with Gasteiger partial charge in [0.25, 0.3) is 0 Å². The van der Waals surface area contributed by atoms with E-state index in [1.54, 1.807) is 7.11 Å². The molecule has 18 heavy (non-hydrogen) atoms. The normalized spacial score (nSPS) is 10.6. The number of aryl methyl sites for hydroxylation is 1. The fraction of sp³-hybridized carbons (Fsp3) is 0.357. The van der Waals surface area contributed by atoms with Gasteiger partial charge in [-0.1, -0.05) is 12.1 Å². The van der Waals surface area contributed by atoms with E-state index in [9.17, 15) is 0 Å². The number of hydrogen-bond acceptors (Lipinski definition) is 3. The molecule has 0 fully saturated rings. The lowest BCUT2D eigenvalue weighted by atomic mass is 10.1. The van der Waals surface area contributed by atoms with E-state index < -0.39 is 0 Å². The molecule has 1 N–H and O–H groups in total. The molecule has 4 heteroatoms. The maximum absolute atomic E-state index is 5.39. The monoisotopic (exact) mass is 245 g/mol. The average Bonchev–Trinajstić information content (AvgIpc) is 2.77. The first-order valence-corrected chi connectivity index (χ1v) is 6.07. The summed E-state index contributed by atoms with van der Waals surface area (Å²) in [4.78, 5) is 0. The summed E-state index contributed by atoms with van der Waals surface area (Å²) in [5.74, 6) is 0.876. The molecule has 2 rings (SSSR count). The average molecular weight is 245 g/mol. The number of para-hydroxylation sites is 1. The van der Waals surface area contributed by atoms with Crippen molar-refractivity contribution in [3.05, 3.63) is 36.0 Å². The van der Waals surface area contributed by atoms with Gasteiger partial charge in [-0.25, -0.2) is 0 Å². The molecule has 0 aliphatic heterocycles. The maximum atomic E-state index is 5.39. The van der Waals surface area contributed by atoms with Crippen molar-refractivity contribution in [2.75, 3.05) is 20.7 Å². The molecule has 1 heterocycles. The molecule has 1 aromatic carbocycles. The fourth-order valence-electron chi connectivity index (χ4n) is 2.01. The van der Waals surface area contributed by atoms with Gasteiger partial charge in [0.1, 0.15) is 5.75 Å². The molecule has 0 spiro atoms. The van der Waals surface area contributed by atoms with Crippen molar-refractivity contribution in [2.45, 2.75) is 6.42 Å². The van der Waals surface area contributed by atoms with Gasteiger partial charge in [-0.2, -0.15) is 5.10 Å². The van der Waals surface area contributed by atoms with Gasteiger partial charge in [-0.15, -0.1) is 0 Å². The number of aromatic nitrogens is 2. The lowest BCUT2D eigenvalue weighted by molar-refractivity contribution is 0.416. The van der Waals surface area contributed by atoms with E-state index in [4.69, 9.17) is 4.74 Å². The molecule has 0 unspecified atom stereocenters. The van der Waals surface area contributed by atoms with Crippen molar-refractivity contribution < 1.29 is 4.74 Å². The zero-order valence-electron chi connectivity index (χ0n) is 11.1. The van der Waals surface area contributed by atoms with E-state index in [1.807, 2.05) is 37.0 Å². The first kappa shape index (κ1) is 12.6. The lowest BCUT2D eigenvalue weighted by Gasteiger charge is -2.07. The molecule has 0 radical (unpaired) electrons. The van der Waals surface area contributed by atoms with E-state index in [0.29, 0.717) is 0 Å². The first-order valence-electron chi connectivity index (χ1n) is 6.07. The topological polar surface area (TPSA) is 39.1 Å². The summed E-state index contributed by atoms with van der Waals surface area (Å²) in [6, 6.07) is 10.1. The Balaban J connectivity index is 2.35. The van der Waals surface area contributed by atoms with Crippen LogP contribution in [0.15, 0.2) is 30.3 Å². The quantitative estimate of drug-likeness (QED) is 0.874. The second kappa shape index (κ2) is 5.69. The van der Waals surface area contributed by atoms with Crippen molar-refractivity contribution in [1.82, 2.24) is 15.1 Å². The summed E-state index contributed by atoms with van der Waals surface area (Å²) < 4.78 is 7.30. The van der Waals surface area contributed by atoms with Crippen LogP contribution < -0.4 is 10.1 Å². The minimum absolute atomic E-state index is 0.876. The van der Waals surface area contributed by atoms with Crippen LogP contribution in [0, 0.1) is 0 Å². The van der Waals surface area contributed by atoms with Gasteiger partial charge in [0.05, 0.1) is 18.5 Å². The van der Waals surface area contributed by atoms with Crippen LogP contribution in [0.3, 0.4) is 0 Å². The Morgan fingerprint density at radius 3 is 2.83 bits per heavy atom. The predicted octanol–water partition coefficient (Wildman–Crippen LogP) is 1.86. The molecule has 1 aromatic heterocycles. The Labute approximate surface area is 108 Å². The van der Waals surface area contributed by atoms with Crippen molar-refractivity contribution in [3.8, 4) is 17.0 Å². The summed E-state index contributed by atoms with van der Waals surface area (Å²) in [6.45, 7) is 0.933. The van der Waals surface area contributed by atoms with Crippen LogP contribution in [0.25, 0.3) is 11.3 Å². The zero-order valence-corrected chi connectivity index (χ0v) is 11.1. The second-order valence-corrected chi connectivity index (χ2v) is 4.20. The Hall–Kier alpha value is -1.81. The summed E-state index contributed by atoms with van der Waals surface area (Å²) in [7, 11) is 5.60. The summed E-state index contributed by atoms with van der Waals surface area (Å²) in [5, 5.41) is 7.65. The highest BCUT2D eigenvalue weighted by atomic mass is 16.5. The molecule has 4 nitrogen and oxygen atoms in total. The maximum Gasteiger partial charge on any atom is 0.128 e. The highest BCUT2D eigenvalue weighted by Gasteiger charge is 2.11. The van der Waals surface area contributed by atoms with Crippen molar-refractivity contribution in [2.24, 2.45) is 7.05 Å². The Morgan fingerprint density at radius 1 is 1.33 bits per heavy atom. The summed E-state index contributed by atoms with van der Waals surface area (Å²) in [5.41, 5.74) is 3.25. The fourth-order valence-corrected chi connectivity index (χ4v) is 2.01. The Morgan fingerprint density at radius 2 is 2.11 bits per heavy atom. The SMILES string of the molecule is CNCCc1cc(-c2ccccc2OC)n(C)n1. The number of likely N-dealkylation sites (N-methyl/N-ethyl adjacent to an activating group) is 1. The Bertz CT molecular complexity index is 520. The summed E-state index contributed by atoms with van der Waals surface area (Å²) in [6.07, 6.45) is 0.930. The van der Waals surface area contributed by atoms with Gasteiger partial charge in [-0.3, -0.25) is 4.68 Å². The van der Waals surface area contributed by atoms with Gasteiger partial charge < -0.3 is 10.1 Å². The number of nitrogens with zero attached hydrogens (tertiary/aromatic N) is 2. The minimum Gasteiger partial charge on any atom is -0.496 e. The number of hydrogen-bond donors (Lipinski definition) is 1. The molecule has 0 bridgehead atoms. The van der Waals surface area contributed by atoms with Crippen molar-refractivity contribution in [3.63, 3.8) is 0 Å². The van der Waals surface area contributed by atoms with Crippen LogP contribution in [-0.2, 0) is 13.5 Å². The number of rotatable bonds is 5. The van der Waals surface area contributed by atoms with Crippen molar-refractivity contribution >= 4 is 0 Å².